The number of halogens is 1. The fourth-order valence-corrected chi connectivity index (χ4v) is 1.52. The molecular weight excluding hydrogens is 395 g/mol. The molecule has 0 fully saturated rings. The van der Waals surface area contributed by atoms with E-state index in [9.17, 15) is 0 Å². The van der Waals surface area contributed by atoms with E-state index in [1.807, 2.05) is 32.3 Å². The zero-order valence-corrected chi connectivity index (χ0v) is 16.5. The summed E-state index contributed by atoms with van der Waals surface area (Å²) in [5.74, 6) is 1.69. The minimum Gasteiger partial charge on any atom is -0.493 e. The van der Waals surface area contributed by atoms with Crippen LogP contribution in [0.3, 0.4) is 0 Å². The first kappa shape index (κ1) is 20.8. The van der Waals surface area contributed by atoms with Crippen LogP contribution in [0.25, 0.3) is 0 Å². The maximum Gasteiger partial charge on any atom is 0.193 e. The van der Waals surface area contributed by atoms with E-state index in [-0.39, 0.29) is 29.5 Å². The van der Waals surface area contributed by atoms with E-state index in [2.05, 4.69) is 29.1 Å². The van der Waals surface area contributed by atoms with Crippen molar-refractivity contribution >= 4 is 35.6 Å². The fourth-order valence-electron chi connectivity index (χ4n) is 1.52. The lowest BCUT2D eigenvalue weighted by Gasteiger charge is -2.30. The molecule has 0 amide bonds. The predicted octanol–water partition coefficient (Wildman–Crippen LogP) is 2.39. The third-order valence-electron chi connectivity index (χ3n) is 3.50. The molecule has 7 heteroatoms. The molecule has 1 aromatic carbocycles. The Bertz CT molecular complexity index is 504. The SMILES string of the molecule is COc1ccc(NC(N)=NCC(C)(C)N(C)C)cc1OC.I. The van der Waals surface area contributed by atoms with Crippen LogP contribution in [0.15, 0.2) is 23.2 Å². The molecule has 126 valence electrons. The van der Waals surface area contributed by atoms with Crippen LogP contribution < -0.4 is 20.5 Å². The number of ether oxygens (including phenoxy) is 2. The van der Waals surface area contributed by atoms with E-state index in [0.717, 1.165) is 5.69 Å². The van der Waals surface area contributed by atoms with Crippen molar-refractivity contribution in [1.29, 1.82) is 0 Å². The molecule has 0 radical (unpaired) electrons. The van der Waals surface area contributed by atoms with Gasteiger partial charge in [0, 0.05) is 17.3 Å². The lowest BCUT2D eigenvalue weighted by molar-refractivity contribution is 0.205. The second-order valence-corrected chi connectivity index (χ2v) is 5.60. The topological polar surface area (TPSA) is 72.1 Å². The average molecular weight is 422 g/mol. The van der Waals surface area contributed by atoms with Gasteiger partial charge >= 0.3 is 0 Å². The Balaban J connectivity index is 0.00000441. The molecule has 3 N–H and O–H groups in total. The zero-order valence-electron chi connectivity index (χ0n) is 14.1. The van der Waals surface area contributed by atoms with Crippen molar-refractivity contribution in [3.05, 3.63) is 18.2 Å². The number of nitrogens with two attached hydrogens (primary N) is 1. The second kappa shape index (κ2) is 9.04. The van der Waals surface area contributed by atoms with Crippen molar-refractivity contribution in [2.75, 3.05) is 40.2 Å². The highest BCUT2D eigenvalue weighted by Gasteiger charge is 2.19. The molecule has 0 atom stereocenters. The highest BCUT2D eigenvalue weighted by Crippen LogP contribution is 2.29. The van der Waals surface area contributed by atoms with Gasteiger partial charge in [-0.05, 0) is 40.1 Å². The standard InChI is InChI=1S/C15H26N4O2.HI/c1-15(2,19(3)4)10-17-14(16)18-11-7-8-12(20-5)13(9-11)21-6;/h7-9H,10H2,1-6H3,(H3,16,17,18);1H. The summed E-state index contributed by atoms with van der Waals surface area (Å²) < 4.78 is 10.4. The van der Waals surface area contributed by atoms with Gasteiger partial charge in [-0.2, -0.15) is 0 Å². The summed E-state index contributed by atoms with van der Waals surface area (Å²) in [7, 11) is 7.24. The van der Waals surface area contributed by atoms with Gasteiger partial charge in [0.2, 0.25) is 0 Å². The van der Waals surface area contributed by atoms with Gasteiger partial charge in [0.05, 0.1) is 20.8 Å². The van der Waals surface area contributed by atoms with Crippen LogP contribution in [0, 0.1) is 0 Å². The number of nitrogens with zero attached hydrogens (tertiary/aromatic N) is 2. The van der Waals surface area contributed by atoms with E-state index in [4.69, 9.17) is 15.2 Å². The summed E-state index contributed by atoms with van der Waals surface area (Å²) in [5.41, 5.74) is 6.67. The van der Waals surface area contributed by atoms with Gasteiger partial charge in [0.1, 0.15) is 0 Å². The highest BCUT2D eigenvalue weighted by molar-refractivity contribution is 14.0. The molecule has 0 saturated carbocycles. The first-order chi connectivity index (χ1) is 9.80. The van der Waals surface area contributed by atoms with Crippen molar-refractivity contribution in [2.45, 2.75) is 19.4 Å². The first-order valence-corrected chi connectivity index (χ1v) is 6.76. The summed E-state index contributed by atoms with van der Waals surface area (Å²) in [6.07, 6.45) is 0. The summed E-state index contributed by atoms with van der Waals surface area (Å²) in [6.45, 7) is 4.83. The number of likely N-dealkylation sites (N-methyl/N-ethyl adjacent to an activating group) is 1. The largest absolute Gasteiger partial charge is 0.493 e. The molecular formula is C15H27IN4O2. The van der Waals surface area contributed by atoms with Gasteiger partial charge in [-0.25, -0.2) is 0 Å². The van der Waals surface area contributed by atoms with E-state index >= 15 is 0 Å². The monoisotopic (exact) mass is 422 g/mol. The molecule has 0 heterocycles. The second-order valence-electron chi connectivity index (χ2n) is 5.60. The number of rotatable bonds is 6. The zero-order chi connectivity index (χ0) is 16.0. The maximum atomic E-state index is 5.92. The van der Waals surface area contributed by atoms with E-state index in [0.29, 0.717) is 24.0 Å². The number of hydrogen-bond donors (Lipinski definition) is 2. The first-order valence-electron chi connectivity index (χ1n) is 6.76. The Morgan fingerprint density at radius 2 is 1.82 bits per heavy atom. The molecule has 0 aromatic heterocycles. The van der Waals surface area contributed by atoms with Gasteiger partial charge in [0.15, 0.2) is 17.5 Å². The van der Waals surface area contributed by atoms with Crippen molar-refractivity contribution in [1.82, 2.24) is 4.90 Å². The number of methoxy groups -OCH3 is 2. The van der Waals surface area contributed by atoms with Crippen LogP contribution in [0.4, 0.5) is 5.69 Å². The highest BCUT2D eigenvalue weighted by atomic mass is 127. The van der Waals surface area contributed by atoms with Gasteiger partial charge in [-0.1, -0.05) is 0 Å². The number of hydrogen-bond acceptors (Lipinski definition) is 4. The molecule has 6 nitrogen and oxygen atoms in total. The van der Waals surface area contributed by atoms with Crippen LogP contribution >= 0.6 is 24.0 Å². The number of anilines is 1. The average Bonchev–Trinajstić information content (AvgIpc) is 2.45. The molecule has 0 unspecified atom stereocenters. The lowest BCUT2D eigenvalue weighted by Crippen LogP contribution is -2.41. The normalized spacial score (nSPS) is 11.9. The van der Waals surface area contributed by atoms with Gasteiger partial charge in [-0.3, -0.25) is 4.99 Å². The molecule has 0 bridgehead atoms. The predicted molar refractivity (Wildman–Crippen MR) is 103 cm³/mol. The van der Waals surface area contributed by atoms with Crippen LogP contribution in [-0.2, 0) is 0 Å². The fraction of sp³-hybridized carbons (Fsp3) is 0.533. The number of aliphatic imine (C=N–C) groups is 1. The van der Waals surface area contributed by atoms with Crippen LogP contribution in [-0.4, -0.2) is 51.3 Å². The Labute approximate surface area is 150 Å². The number of guanidine groups is 1. The summed E-state index contributed by atoms with van der Waals surface area (Å²) >= 11 is 0. The molecule has 0 saturated heterocycles. The Morgan fingerprint density at radius 3 is 2.32 bits per heavy atom. The molecule has 0 spiro atoms. The van der Waals surface area contributed by atoms with E-state index < -0.39 is 0 Å². The molecule has 0 aliphatic heterocycles. The van der Waals surface area contributed by atoms with Crippen molar-refractivity contribution < 1.29 is 9.47 Å². The summed E-state index contributed by atoms with van der Waals surface area (Å²) in [6, 6.07) is 5.50. The summed E-state index contributed by atoms with van der Waals surface area (Å²) in [4.78, 5) is 6.49. The van der Waals surface area contributed by atoms with Crippen molar-refractivity contribution in [3.63, 3.8) is 0 Å². The summed E-state index contributed by atoms with van der Waals surface area (Å²) in [5, 5.41) is 3.05. The Morgan fingerprint density at radius 1 is 1.23 bits per heavy atom. The smallest absolute Gasteiger partial charge is 0.193 e. The van der Waals surface area contributed by atoms with E-state index in [1.165, 1.54) is 0 Å². The third-order valence-corrected chi connectivity index (χ3v) is 3.50. The van der Waals surface area contributed by atoms with Gasteiger partial charge in [-0.15, -0.1) is 24.0 Å². The molecule has 0 aliphatic carbocycles. The Kier molecular flexibility index (Phi) is 8.54. The minimum absolute atomic E-state index is 0. The molecule has 1 rings (SSSR count). The number of benzene rings is 1. The van der Waals surface area contributed by atoms with Crippen LogP contribution in [0.5, 0.6) is 11.5 Å². The van der Waals surface area contributed by atoms with Gasteiger partial charge < -0.3 is 25.4 Å². The van der Waals surface area contributed by atoms with Crippen molar-refractivity contribution in [2.24, 2.45) is 10.7 Å². The Hall–Kier alpha value is -1.22. The quantitative estimate of drug-likeness (QED) is 0.419. The van der Waals surface area contributed by atoms with E-state index in [1.54, 1.807) is 14.2 Å². The maximum absolute atomic E-state index is 5.92. The third kappa shape index (κ3) is 5.88. The molecule has 22 heavy (non-hydrogen) atoms. The number of nitrogens with one attached hydrogen (secondary N) is 1. The van der Waals surface area contributed by atoms with Gasteiger partial charge in [0.25, 0.3) is 0 Å². The lowest BCUT2D eigenvalue weighted by atomic mass is 10.1. The van der Waals surface area contributed by atoms with Crippen molar-refractivity contribution in [3.8, 4) is 11.5 Å². The molecule has 1 aromatic rings. The molecule has 0 aliphatic rings. The van der Waals surface area contributed by atoms with Crippen LogP contribution in [0.1, 0.15) is 13.8 Å². The minimum atomic E-state index is -0.0517. The van der Waals surface area contributed by atoms with Crippen LogP contribution in [0.2, 0.25) is 0 Å².